The molecule has 0 N–H and O–H groups in total. The molecule has 86 valence electrons. The van der Waals surface area contributed by atoms with E-state index < -0.39 is 0 Å². The number of benzene rings is 1. The summed E-state index contributed by atoms with van der Waals surface area (Å²) in [7, 11) is 0. The van der Waals surface area contributed by atoms with Gasteiger partial charge in [0.1, 0.15) is 0 Å². The van der Waals surface area contributed by atoms with Crippen LogP contribution in [0.1, 0.15) is 28.8 Å². The molecular formula is C13H16BrNO. The third-order valence-electron chi connectivity index (χ3n) is 3.01. The van der Waals surface area contributed by atoms with E-state index >= 15 is 0 Å². The molecule has 0 atom stereocenters. The maximum Gasteiger partial charge on any atom is 0.253 e. The fourth-order valence-electron chi connectivity index (χ4n) is 1.93. The summed E-state index contributed by atoms with van der Waals surface area (Å²) in [5.41, 5.74) is 1.99. The Morgan fingerprint density at radius 3 is 2.38 bits per heavy atom. The number of likely N-dealkylation sites (tertiary alicyclic amines) is 1. The molecule has 1 saturated heterocycles. The van der Waals surface area contributed by atoms with Crippen molar-refractivity contribution >= 4 is 21.8 Å². The Hall–Kier alpha value is -0.830. The number of carbonyl (C=O) groups excluding carboxylic acids is 1. The zero-order chi connectivity index (χ0) is 11.5. The Bertz CT molecular complexity index is 366. The molecule has 0 spiro atoms. The third kappa shape index (κ3) is 2.64. The van der Waals surface area contributed by atoms with Gasteiger partial charge in [0, 0.05) is 23.5 Å². The van der Waals surface area contributed by atoms with Crippen LogP contribution < -0.4 is 0 Å². The van der Waals surface area contributed by atoms with E-state index in [2.05, 4.69) is 15.9 Å². The summed E-state index contributed by atoms with van der Waals surface area (Å²) in [4.78, 5) is 14.7. The van der Waals surface area contributed by atoms with Gasteiger partial charge < -0.3 is 4.90 Å². The van der Waals surface area contributed by atoms with E-state index in [0.717, 1.165) is 31.5 Å². The number of nitrogens with zero attached hydrogens (tertiary/aromatic N) is 1. The topological polar surface area (TPSA) is 20.3 Å². The van der Waals surface area contributed by atoms with E-state index in [-0.39, 0.29) is 5.91 Å². The van der Waals surface area contributed by atoms with Crippen molar-refractivity contribution in [2.24, 2.45) is 0 Å². The minimum Gasteiger partial charge on any atom is -0.339 e. The van der Waals surface area contributed by atoms with Crippen LogP contribution in [0.3, 0.4) is 0 Å². The molecule has 1 aromatic carbocycles. The first-order valence-corrected chi connectivity index (χ1v) is 6.58. The molecular weight excluding hydrogens is 266 g/mol. The highest BCUT2D eigenvalue weighted by Crippen LogP contribution is 2.19. The lowest BCUT2D eigenvalue weighted by Gasteiger charge is -2.29. The minimum atomic E-state index is 0.166. The second-order valence-corrected chi connectivity index (χ2v) is 5.63. The molecule has 2 rings (SSSR count). The van der Waals surface area contributed by atoms with E-state index in [9.17, 15) is 4.79 Å². The van der Waals surface area contributed by atoms with Gasteiger partial charge in [-0.15, -0.1) is 0 Å². The van der Waals surface area contributed by atoms with Crippen molar-refractivity contribution in [3.8, 4) is 0 Å². The van der Waals surface area contributed by atoms with Gasteiger partial charge in [-0.05, 0) is 31.9 Å². The second kappa shape index (κ2) is 5.00. The van der Waals surface area contributed by atoms with Crippen molar-refractivity contribution in [2.75, 3.05) is 13.1 Å². The Kier molecular flexibility index (Phi) is 3.64. The average molecular weight is 282 g/mol. The van der Waals surface area contributed by atoms with Crippen LogP contribution in [0, 0.1) is 6.92 Å². The molecule has 0 radical (unpaired) electrons. The molecule has 0 bridgehead atoms. The van der Waals surface area contributed by atoms with Gasteiger partial charge in [0.2, 0.25) is 0 Å². The van der Waals surface area contributed by atoms with E-state index in [4.69, 9.17) is 0 Å². The average Bonchev–Trinajstić information content (AvgIpc) is 2.30. The van der Waals surface area contributed by atoms with Crippen LogP contribution in [0.2, 0.25) is 0 Å². The fourth-order valence-corrected chi connectivity index (χ4v) is 2.34. The van der Waals surface area contributed by atoms with Gasteiger partial charge >= 0.3 is 0 Å². The highest BCUT2D eigenvalue weighted by molar-refractivity contribution is 9.09. The molecule has 1 aliphatic rings. The van der Waals surface area contributed by atoms with Crippen LogP contribution in [-0.4, -0.2) is 28.7 Å². The van der Waals surface area contributed by atoms with Gasteiger partial charge in [0.15, 0.2) is 0 Å². The number of amides is 1. The second-order valence-electron chi connectivity index (χ2n) is 4.33. The summed E-state index contributed by atoms with van der Waals surface area (Å²) in [6.07, 6.45) is 2.11. The molecule has 1 aromatic rings. The first-order chi connectivity index (χ1) is 7.66. The number of carbonyl (C=O) groups is 1. The first kappa shape index (κ1) is 11.6. The highest BCUT2D eigenvalue weighted by atomic mass is 79.9. The van der Waals surface area contributed by atoms with Gasteiger partial charge in [-0.2, -0.15) is 0 Å². The van der Waals surface area contributed by atoms with Crippen LogP contribution in [0.15, 0.2) is 24.3 Å². The SMILES string of the molecule is Cc1ccc(C(=O)N2CCC(Br)CC2)cc1. The molecule has 0 aliphatic carbocycles. The standard InChI is InChI=1S/C13H16BrNO/c1-10-2-4-11(5-3-10)13(16)15-8-6-12(14)7-9-15/h2-5,12H,6-9H2,1H3. The first-order valence-electron chi connectivity index (χ1n) is 5.67. The van der Waals surface area contributed by atoms with Crippen molar-refractivity contribution in [1.29, 1.82) is 0 Å². The molecule has 0 unspecified atom stereocenters. The van der Waals surface area contributed by atoms with Crippen molar-refractivity contribution in [1.82, 2.24) is 4.90 Å². The Labute approximate surface area is 105 Å². The summed E-state index contributed by atoms with van der Waals surface area (Å²) in [5, 5.41) is 0. The van der Waals surface area contributed by atoms with Crippen LogP contribution in [-0.2, 0) is 0 Å². The zero-order valence-electron chi connectivity index (χ0n) is 9.45. The summed E-state index contributed by atoms with van der Waals surface area (Å²) in [6, 6.07) is 7.81. The van der Waals surface area contributed by atoms with Crippen molar-refractivity contribution < 1.29 is 4.79 Å². The summed E-state index contributed by atoms with van der Waals surface area (Å²) < 4.78 is 0. The maximum atomic E-state index is 12.1. The molecule has 0 aromatic heterocycles. The Balaban J connectivity index is 2.05. The van der Waals surface area contributed by atoms with Crippen LogP contribution in [0.4, 0.5) is 0 Å². The number of hydrogen-bond donors (Lipinski definition) is 0. The van der Waals surface area contributed by atoms with Crippen LogP contribution in [0.5, 0.6) is 0 Å². The highest BCUT2D eigenvalue weighted by Gasteiger charge is 2.21. The predicted molar refractivity (Wildman–Crippen MR) is 69.0 cm³/mol. The van der Waals surface area contributed by atoms with Crippen molar-refractivity contribution in [2.45, 2.75) is 24.6 Å². The maximum absolute atomic E-state index is 12.1. The number of aryl methyl sites for hydroxylation is 1. The third-order valence-corrected chi connectivity index (χ3v) is 3.93. The molecule has 1 fully saturated rings. The molecule has 3 heteroatoms. The van der Waals surface area contributed by atoms with Gasteiger partial charge in [-0.25, -0.2) is 0 Å². The molecule has 1 aliphatic heterocycles. The fraction of sp³-hybridized carbons (Fsp3) is 0.462. The van der Waals surface area contributed by atoms with Gasteiger partial charge in [-0.3, -0.25) is 4.79 Å². The normalized spacial score (nSPS) is 17.5. The van der Waals surface area contributed by atoms with E-state index in [0.29, 0.717) is 4.83 Å². The predicted octanol–water partition coefficient (Wildman–Crippen LogP) is 2.99. The van der Waals surface area contributed by atoms with E-state index in [1.165, 1.54) is 5.56 Å². The Morgan fingerprint density at radius 2 is 1.81 bits per heavy atom. The van der Waals surface area contributed by atoms with Crippen molar-refractivity contribution in [3.05, 3.63) is 35.4 Å². The van der Waals surface area contributed by atoms with Gasteiger partial charge in [0.05, 0.1) is 0 Å². The summed E-state index contributed by atoms with van der Waals surface area (Å²) in [6.45, 7) is 3.76. The largest absolute Gasteiger partial charge is 0.339 e. The molecule has 0 saturated carbocycles. The number of piperidine rings is 1. The number of hydrogen-bond acceptors (Lipinski definition) is 1. The van der Waals surface area contributed by atoms with E-state index in [1.807, 2.05) is 36.1 Å². The van der Waals surface area contributed by atoms with Gasteiger partial charge in [0.25, 0.3) is 5.91 Å². The lowest BCUT2D eigenvalue weighted by Crippen LogP contribution is -2.38. The smallest absolute Gasteiger partial charge is 0.253 e. The number of halogens is 1. The van der Waals surface area contributed by atoms with Crippen LogP contribution >= 0.6 is 15.9 Å². The molecule has 16 heavy (non-hydrogen) atoms. The van der Waals surface area contributed by atoms with Crippen LogP contribution in [0.25, 0.3) is 0 Å². The molecule has 2 nitrogen and oxygen atoms in total. The lowest BCUT2D eigenvalue weighted by molar-refractivity contribution is 0.0728. The van der Waals surface area contributed by atoms with E-state index in [1.54, 1.807) is 0 Å². The summed E-state index contributed by atoms with van der Waals surface area (Å²) >= 11 is 3.59. The lowest BCUT2D eigenvalue weighted by atomic mass is 10.1. The Morgan fingerprint density at radius 1 is 1.25 bits per heavy atom. The van der Waals surface area contributed by atoms with Crippen molar-refractivity contribution in [3.63, 3.8) is 0 Å². The molecule has 1 amide bonds. The molecule has 1 heterocycles. The quantitative estimate of drug-likeness (QED) is 0.725. The number of rotatable bonds is 1. The zero-order valence-corrected chi connectivity index (χ0v) is 11.0. The summed E-state index contributed by atoms with van der Waals surface area (Å²) in [5.74, 6) is 0.166. The minimum absolute atomic E-state index is 0.166. The van der Waals surface area contributed by atoms with Gasteiger partial charge in [-0.1, -0.05) is 33.6 Å². The monoisotopic (exact) mass is 281 g/mol. The number of alkyl halides is 1.